The van der Waals surface area contributed by atoms with Crippen molar-refractivity contribution in [3.8, 4) is 0 Å². The number of nitrogens with two attached hydrogens (primary N) is 1. The number of hydrogen-bond acceptors (Lipinski definition) is 4. The predicted molar refractivity (Wildman–Crippen MR) is 86.6 cm³/mol. The lowest BCUT2D eigenvalue weighted by Gasteiger charge is -2.30. The number of benzene rings is 1. The van der Waals surface area contributed by atoms with Gasteiger partial charge in [0.1, 0.15) is 0 Å². The molecule has 0 unspecified atom stereocenters. The Morgan fingerprint density at radius 1 is 1.22 bits per heavy atom. The van der Waals surface area contributed by atoms with Gasteiger partial charge in [-0.1, -0.05) is 23.7 Å². The van der Waals surface area contributed by atoms with Crippen molar-refractivity contribution in [2.45, 2.75) is 24.2 Å². The molecule has 1 heterocycles. The average molecular weight is 359 g/mol. The van der Waals surface area contributed by atoms with Crippen molar-refractivity contribution in [3.05, 3.63) is 29.3 Å². The second-order valence-corrected chi connectivity index (χ2v) is 8.04. The summed E-state index contributed by atoms with van der Waals surface area (Å²) in [5, 5.41) is 0.155. The van der Waals surface area contributed by atoms with Crippen LogP contribution in [0.4, 0.5) is 0 Å². The molecule has 1 aliphatic heterocycles. The van der Waals surface area contributed by atoms with Crippen LogP contribution >= 0.6 is 11.6 Å². The third-order valence-corrected chi connectivity index (χ3v) is 6.22. The van der Waals surface area contributed by atoms with Gasteiger partial charge < -0.3 is 10.6 Å². The summed E-state index contributed by atoms with van der Waals surface area (Å²) >= 11 is 5.90. The molecule has 0 aliphatic carbocycles. The number of nitrogens with zero attached hydrogens (tertiary/aromatic N) is 1. The highest BCUT2D eigenvalue weighted by Gasteiger charge is 2.27. The molecule has 8 heteroatoms. The Morgan fingerprint density at radius 3 is 2.39 bits per heavy atom. The molecule has 1 aromatic rings. The average Bonchev–Trinajstić information content (AvgIpc) is 2.53. The molecule has 6 nitrogen and oxygen atoms in total. The van der Waals surface area contributed by atoms with Gasteiger partial charge in [-0.15, -0.1) is 0 Å². The minimum Gasteiger partial charge on any atom is -0.369 e. The third-order valence-electron chi connectivity index (χ3n) is 4.01. The van der Waals surface area contributed by atoms with Gasteiger partial charge in [-0.05, 0) is 25.0 Å². The molecule has 23 heavy (non-hydrogen) atoms. The van der Waals surface area contributed by atoms with E-state index in [2.05, 4.69) is 0 Å². The highest BCUT2D eigenvalue weighted by Crippen LogP contribution is 2.23. The lowest BCUT2D eigenvalue weighted by molar-refractivity contribution is -0.134. The molecule has 2 amide bonds. The van der Waals surface area contributed by atoms with Crippen LogP contribution in [-0.2, 0) is 19.4 Å². The molecule has 0 aromatic heterocycles. The summed E-state index contributed by atoms with van der Waals surface area (Å²) in [6, 6.07) is 6.18. The predicted octanol–water partition coefficient (Wildman–Crippen LogP) is 1.23. The third kappa shape index (κ3) is 4.45. The zero-order valence-corrected chi connectivity index (χ0v) is 14.1. The molecule has 0 spiro atoms. The Balaban J connectivity index is 1.92. The number of primary amides is 1. The minimum absolute atomic E-state index is 0.0434. The van der Waals surface area contributed by atoms with Crippen LogP contribution in [0.1, 0.15) is 19.3 Å². The quantitative estimate of drug-likeness (QED) is 0.855. The number of likely N-dealkylation sites (tertiary alicyclic amines) is 1. The Labute approximate surface area is 140 Å². The molecular formula is C15H19ClN2O4S. The number of rotatable bonds is 5. The lowest BCUT2D eigenvalue weighted by atomic mass is 9.96. The second kappa shape index (κ2) is 7.31. The fraction of sp³-hybridized carbons (Fsp3) is 0.467. The van der Waals surface area contributed by atoms with E-state index in [0.29, 0.717) is 25.9 Å². The fourth-order valence-corrected chi connectivity index (χ4v) is 4.40. The van der Waals surface area contributed by atoms with Crippen LogP contribution < -0.4 is 5.73 Å². The van der Waals surface area contributed by atoms with Crippen LogP contribution in [0.5, 0.6) is 0 Å². The van der Waals surface area contributed by atoms with E-state index in [1.165, 1.54) is 12.1 Å². The van der Waals surface area contributed by atoms with Gasteiger partial charge >= 0.3 is 0 Å². The maximum Gasteiger partial charge on any atom is 0.223 e. The number of carbonyl (C=O) groups is 2. The van der Waals surface area contributed by atoms with Crippen molar-refractivity contribution in [2.24, 2.45) is 11.7 Å². The van der Waals surface area contributed by atoms with Crippen LogP contribution in [0, 0.1) is 5.92 Å². The first kappa shape index (κ1) is 17.7. The van der Waals surface area contributed by atoms with E-state index in [9.17, 15) is 18.0 Å². The van der Waals surface area contributed by atoms with Gasteiger partial charge in [0.15, 0.2) is 9.84 Å². The summed E-state index contributed by atoms with van der Waals surface area (Å²) in [6.45, 7) is 0.858. The van der Waals surface area contributed by atoms with Crippen molar-refractivity contribution in [1.29, 1.82) is 0 Å². The Morgan fingerprint density at radius 2 is 1.83 bits per heavy atom. The molecule has 1 fully saturated rings. The summed E-state index contributed by atoms with van der Waals surface area (Å²) in [6.07, 6.45) is 0.950. The van der Waals surface area contributed by atoms with Crippen molar-refractivity contribution < 1.29 is 18.0 Å². The topological polar surface area (TPSA) is 97.5 Å². The summed E-state index contributed by atoms with van der Waals surface area (Å²) in [7, 11) is -3.60. The number of piperidine rings is 1. The largest absolute Gasteiger partial charge is 0.369 e. The van der Waals surface area contributed by atoms with Gasteiger partial charge in [-0.25, -0.2) is 8.42 Å². The number of hydrogen-bond donors (Lipinski definition) is 1. The first-order chi connectivity index (χ1) is 10.8. The maximum absolute atomic E-state index is 12.3. The van der Waals surface area contributed by atoms with Crippen LogP contribution in [0.15, 0.2) is 29.2 Å². The Hall–Kier alpha value is -1.60. The van der Waals surface area contributed by atoms with Crippen molar-refractivity contribution in [1.82, 2.24) is 4.90 Å². The number of carbonyl (C=O) groups excluding carboxylic acids is 2. The van der Waals surface area contributed by atoms with Gasteiger partial charge in [0.2, 0.25) is 11.8 Å². The van der Waals surface area contributed by atoms with Crippen molar-refractivity contribution in [2.75, 3.05) is 18.8 Å². The summed E-state index contributed by atoms with van der Waals surface area (Å²) < 4.78 is 24.5. The second-order valence-electron chi connectivity index (χ2n) is 5.56. The van der Waals surface area contributed by atoms with Crippen LogP contribution in [0.2, 0.25) is 5.02 Å². The van der Waals surface area contributed by atoms with Gasteiger partial charge in [0, 0.05) is 25.4 Å². The molecule has 126 valence electrons. The zero-order chi connectivity index (χ0) is 17.0. The Bertz CT molecular complexity index is 697. The summed E-state index contributed by atoms with van der Waals surface area (Å²) in [5.41, 5.74) is 5.25. The van der Waals surface area contributed by atoms with Crippen molar-refractivity contribution in [3.63, 3.8) is 0 Å². The van der Waals surface area contributed by atoms with Gasteiger partial charge in [-0.2, -0.15) is 0 Å². The molecule has 0 radical (unpaired) electrons. The molecule has 2 N–H and O–H groups in total. The van der Waals surface area contributed by atoms with E-state index in [1.807, 2.05) is 0 Å². The molecule has 1 aliphatic rings. The molecule has 1 aromatic carbocycles. The van der Waals surface area contributed by atoms with Crippen LogP contribution in [0.25, 0.3) is 0 Å². The van der Waals surface area contributed by atoms with E-state index >= 15 is 0 Å². The van der Waals surface area contributed by atoms with Gasteiger partial charge in [0.05, 0.1) is 15.7 Å². The maximum atomic E-state index is 12.3. The SMILES string of the molecule is NC(=O)C1CCN(C(=O)CCS(=O)(=O)c2ccccc2Cl)CC1. The van der Waals surface area contributed by atoms with E-state index in [0.717, 1.165) is 0 Å². The number of halogens is 1. The minimum atomic E-state index is -3.60. The van der Waals surface area contributed by atoms with Crippen LogP contribution in [0.3, 0.4) is 0 Å². The van der Waals surface area contributed by atoms with Gasteiger partial charge in [0.25, 0.3) is 0 Å². The zero-order valence-electron chi connectivity index (χ0n) is 12.6. The summed E-state index contributed by atoms with van der Waals surface area (Å²) in [4.78, 5) is 24.9. The molecule has 1 saturated heterocycles. The first-order valence-electron chi connectivity index (χ1n) is 7.35. The first-order valence-corrected chi connectivity index (χ1v) is 9.38. The highest BCUT2D eigenvalue weighted by atomic mass is 35.5. The summed E-state index contributed by atoms with van der Waals surface area (Å²) in [5.74, 6) is -1.07. The van der Waals surface area contributed by atoms with E-state index in [-0.39, 0.29) is 39.8 Å². The van der Waals surface area contributed by atoms with E-state index in [1.54, 1.807) is 17.0 Å². The lowest BCUT2D eigenvalue weighted by Crippen LogP contribution is -2.42. The standard InChI is InChI=1S/C15H19ClN2O4S/c16-12-3-1-2-4-13(12)23(21,22)10-7-14(19)18-8-5-11(6-9-18)15(17)20/h1-4,11H,5-10H2,(H2,17,20). The molecule has 0 saturated carbocycles. The fourth-order valence-electron chi connectivity index (χ4n) is 2.60. The van der Waals surface area contributed by atoms with E-state index < -0.39 is 9.84 Å². The van der Waals surface area contributed by atoms with E-state index in [4.69, 9.17) is 17.3 Å². The van der Waals surface area contributed by atoms with Crippen molar-refractivity contribution >= 4 is 33.3 Å². The monoisotopic (exact) mass is 358 g/mol. The smallest absolute Gasteiger partial charge is 0.223 e. The van der Waals surface area contributed by atoms with Crippen LogP contribution in [-0.4, -0.2) is 44.0 Å². The Kier molecular flexibility index (Phi) is 5.64. The number of amides is 2. The molecular weight excluding hydrogens is 340 g/mol. The normalized spacial score (nSPS) is 16.3. The molecule has 0 atom stereocenters. The highest BCUT2D eigenvalue weighted by molar-refractivity contribution is 7.91. The molecule has 2 rings (SSSR count). The number of sulfone groups is 1. The molecule has 0 bridgehead atoms. The van der Waals surface area contributed by atoms with Gasteiger partial charge in [-0.3, -0.25) is 9.59 Å².